The van der Waals surface area contributed by atoms with Gasteiger partial charge in [-0.05, 0) is 55.4 Å². The fraction of sp³-hybridized carbons (Fsp3) is 0.524. The number of amides is 2. The summed E-state index contributed by atoms with van der Waals surface area (Å²) in [6.07, 6.45) is 3.86. The van der Waals surface area contributed by atoms with Gasteiger partial charge in [0.05, 0.1) is 0 Å². The summed E-state index contributed by atoms with van der Waals surface area (Å²) < 4.78 is 18.4. The second kappa shape index (κ2) is 10.5. The van der Waals surface area contributed by atoms with Crippen molar-refractivity contribution in [2.75, 3.05) is 6.54 Å². The molecule has 31 heavy (non-hydrogen) atoms. The van der Waals surface area contributed by atoms with E-state index in [0.717, 1.165) is 19.3 Å². The zero-order chi connectivity index (χ0) is 20.5. The minimum Gasteiger partial charge on any atom is -0.350 e. The molecule has 2 heterocycles. The third-order valence-electron chi connectivity index (χ3n) is 5.78. The van der Waals surface area contributed by atoms with Crippen LogP contribution in [-0.4, -0.2) is 45.5 Å². The number of carbonyl (C=O) groups excluding carboxylic acids is 2. The van der Waals surface area contributed by atoms with E-state index in [1.54, 1.807) is 4.90 Å². The first-order valence-electron chi connectivity index (χ1n) is 10.1. The number of aromatic nitrogens is 2. The molecule has 2 aromatic rings. The maximum absolute atomic E-state index is 13.2. The van der Waals surface area contributed by atoms with Crippen LogP contribution < -0.4 is 5.32 Å². The Labute approximate surface area is 195 Å². The van der Waals surface area contributed by atoms with Crippen molar-refractivity contribution >= 4 is 38.8 Å². The zero-order valence-electron chi connectivity index (χ0n) is 17.6. The topological polar surface area (TPSA) is 88.3 Å². The standard InChI is InChI=1S/C21H25FN4O3.2H2S/c1-12(2)10-17-19(27)23-16(13-4-3-5-13)11-26(17)21(28)18-24-20(29-25-18)14-6-8-15(22)9-7-14;;/h6-9,12-13,16-17H,3-5,10-11H2,1-2H3,(H,23,27);2*1H2/t16-,17+;;/m1../s1. The predicted octanol–water partition coefficient (Wildman–Crippen LogP) is 3.26. The predicted molar refractivity (Wildman–Crippen MR) is 124 cm³/mol. The van der Waals surface area contributed by atoms with E-state index >= 15 is 0 Å². The van der Waals surface area contributed by atoms with Gasteiger partial charge in [-0.3, -0.25) is 9.59 Å². The number of benzene rings is 1. The fourth-order valence-corrected chi connectivity index (χ4v) is 3.97. The van der Waals surface area contributed by atoms with E-state index in [9.17, 15) is 14.0 Å². The molecule has 2 fully saturated rings. The van der Waals surface area contributed by atoms with Crippen molar-refractivity contribution in [3.05, 3.63) is 35.9 Å². The van der Waals surface area contributed by atoms with Crippen LogP contribution in [-0.2, 0) is 4.79 Å². The van der Waals surface area contributed by atoms with Crippen molar-refractivity contribution in [2.24, 2.45) is 11.8 Å². The molecule has 0 bridgehead atoms. The van der Waals surface area contributed by atoms with Gasteiger partial charge in [-0.2, -0.15) is 32.0 Å². The molecule has 0 unspecified atom stereocenters. The summed E-state index contributed by atoms with van der Waals surface area (Å²) in [5.41, 5.74) is 0.528. The van der Waals surface area contributed by atoms with Crippen LogP contribution in [0.15, 0.2) is 28.8 Å². The molecule has 7 nitrogen and oxygen atoms in total. The van der Waals surface area contributed by atoms with Crippen molar-refractivity contribution in [3.63, 3.8) is 0 Å². The Bertz CT molecular complexity index is 902. The van der Waals surface area contributed by atoms with Gasteiger partial charge in [-0.15, -0.1) is 0 Å². The molecular formula is C21H29FN4O3S2. The second-order valence-corrected chi connectivity index (χ2v) is 8.34. The molecule has 1 saturated carbocycles. The maximum atomic E-state index is 13.2. The number of piperazine rings is 1. The molecule has 1 aromatic heterocycles. The number of carbonyl (C=O) groups is 2. The highest BCUT2D eigenvalue weighted by molar-refractivity contribution is 7.59. The van der Waals surface area contributed by atoms with Gasteiger partial charge in [-0.25, -0.2) is 4.39 Å². The summed E-state index contributed by atoms with van der Waals surface area (Å²) in [7, 11) is 0. The highest BCUT2D eigenvalue weighted by atomic mass is 32.1. The van der Waals surface area contributed by atoms with Gasteiger partial charge in [0, 0.05) is 18.2 Å². The molecule has 2 atom stereocenters. The lowest BCUT2D eigenvalue weighted by Gasteiger charge is -2.44. The molecule has 0 spiro atoms. The average molecular weight is 469 g/mol. The molecule has 2 amide bonds. The molecule has 1 aromatic carbocycles. The van der Waals surface area contributed by atoms with Gasteiger partial charge >= 0.3 is 0 Å². The van der Waals surface area contributed by atoms with Crippen LogP contribution >= 0.6 is 27.0 Å². The van der Waals surface area contributed by atoms with Gasteiger partial charge in [0.2, 0.25) is 5.91 Å². The van der Waals surface area contributed by atoms with Crippen LogP contribution in [0.1, 0.15) is 50.1 Å². The molecule has 1 saturated heterocycles. The fourth-order valence-electron chi connectivity index (χ4n) is 3.97. The number of rotatable bonds is 5. The number of nitrogens with one attached hydrogen (secondary N) is 1. The van der Waals surface area contributed by atoms with Crippen LogP contribution in [0.25, 0.3) is 11.5 Å². The van der Waals surface area contributed by atoms with Crippen molar-refractivity contribution in [1.82, 2.24) is 20.4 Å². The second-order valence-electron chi connectivity index (χ2n) is 8.34. The lowest BCUT2D eigenvalue weighted by Crippen LogP contribution is -2.64. The first kappa shape index (κ1) is 25.2. The summed E-state index contributed by atoms with van der Waals surface area (Å²) in [5.74, 6) is -0.173. The summed E-state index contributed by atoms with van der Waals surface area (Å²) in [5, 5.41) is 6.94. The lowest BCUT2D eigenvalue weighted by atomic mass is 9.78. The highest BCUT2D eigenvalue weighted by Gasteiger charge is 2.42. The summed E-state index contributed by atoms with van der Waals surface area (Å²) >= 11 is 0. The average Bonchev–Trinajstić information content (AvgIpc) is 3.12. The van der Waals surface area contributed by atoms with E-state index < -0.39 is 11.9 Å². The highest BCUT2D eigenvalue weighted by Crippen LogP contribution is 2.32. The third kappa shape index (κ3) is 5.41. The Morgan fingerprint density at radius 1 is 1.26 bits per heavy atom. The summed E-state index contributed by atoms with van der Waals surface area (Å²) in [6.45, 7) is 4.50. The number of halogens is 1. The number of hydrogen-bond donors (Lipinski definition) is 1. The molecule has 1 N–H and O–H groups in total. The Hall–Kier alpha value is -2.07. The minimum absolute atomic E-state index is 0. The Morgan fingerprint density at radius 3 is 2.52 bits per heavy atom. The van der Waals surface area contributed by atoms with E-state index in [0.29, 0.717) is 24.4 Å². The molecule has 0 radical (unpaired) electrons. The van der Waals surface area contributed by atoms with Gasteiger partial charge in [-0.1, -0.05) is 25.4 Å². The van der Waals surface area contributed by atoms with Crippen molar-refractivity contribution in [2.45, 2.75) is 51.6 Å². The smallest absolute Gasteiger partial charge is 0.296 e. The zero-order valence-corrected chi connectivity index (χ0v) is 19.6. The molecule has 1 aliphatic carbocycles. The lowest BCUT2D eigenvalue weighted by molar-refractivity contribution is -0.131. The normalized spacial score (nSPS) is 21.0. The van der Waals surface area contributed by atoms with Gasteiger partial charge in [0.15, 0.2) is 0 Å². The first-order valence-corrected chi connectivity index (χ1v) is 10.1. The Balaban J connectivity index is 0.00000171. The molecule has 1 aliphatic heterocycles. The van der Waals surface area contributed by atoms with Crippen LogP contribution in [0.4, 0.5) is 4.39 Å². The number of hydrogen-bond acceptors (Lipinski definition) is 5. The Morgan fingerprint density at radius 2 is 1.94 bits per heavy atom. The van der Waals surface area contributed by atoms with Crippen LogP contribution in [0.5, 0.6) is 0 Å². The van der Waals surface area contributed by atoms with Gasteiger partial charge in [0.25, 0.3) is 17.6 Å². The molecule has 170 valence electrons. The SMILES string of the molecule is CC(C)C[C@H]1C(=O)N[C@@H](C2CCC2)CN1C(=O)c1noc(-c2ccc(F)cc2)n1.S.S. The Kier molecular flexibility index (Phi) is 8.53. The quantitative estimate of drug-likeness (QED) is 0.728. The summed E-state index contributed by atoms with van der Waals surface area (Å²) in [6, 6.07) is 5.02. The van der Waals surface area contributed by atoms with E-state index in [1.165, 1.54) is 24.3 Å². The van der Waals surface area contributed by atoms with E-state index in [2.05, 4.69) is 15.5 Å². The van der Waals surface area contributed by atoms with Gasteiger partial charge < -0.3 is 14.7 Å². The largest absolute Gasteiger partial charge is 0.350 e. The van der Waals surface area contributed by atoms with Crippen molar-refractivity contribution in [3.8, 4) is 11.5 Å². The molecule has 10 heteroatoms. The van der Waals surface area contributed by atoms with E-state index in [4.69, 9.17) is 4.52 Å². The number of nitrogens with zero attached hydrogens (tertiary/aromatic N) is 3. The monoisotopic (exact) mass is 468 g/mol. The maximum Gasteiger partial charge on any atom is 0.296 e. The minimum atomic E-state index is -0.549. The van der Waals surface area contributed by atoms with Crippen LogP contribution in [0, 0.1) is 17.7 Å². The van der Waals surface area contributed by atoms with Crippen LogP contribution in [0.2, 0.25) is 0 Å². The van der Waals surface area contributed by atoms with E-state index in [1.807, 2.05) is 13.8 Å². The summed E-state index contributed by atoms with van der Waals surface area (Å²) in [4.78, 5) is 31.8. The van der Waals surface area contributed by atoms with E-state index in [-0.39, 0.29) is 62.4 Å². The van der Waals surface area contributed by atoms with Crippen molar-refractivity contribution < 1.29 is 18.5 Å². The molecule has 4 rings (SSSR count). The van der Waals surface area contributed by atoms with Gasteiger partial charge in [0.1, 0.15) is 11.9 Å². The third-order valence-corrected chi connectivity index (χ3v) is 5.78. The van der Waals surface area contributed by atoms with Crippen molar-refractivity contribution in [1.29, 1.82) is 0 Å². The molecular weight excluding hydrogens is 439 g/mol. The molecule has 2 aliphatic rings. The first-order chi connectivity index (χ1) is 13.9. The van der Waals surface area contributed by atoms with Crippen LogP contribution in [0.3, 0.4) is 0 Å².